The van der Waals surface area contributed by atoms with E-state index in [0.29, 0.717) is 0 Å². The molecule has 0 aromatic carbocycles. The summed E-state index contributed by atoms with van der Waals surface area (Å²) < 4.78 is 4.83. The Balaban J connectivity index is 2.10. The quantitative estimate of drug-likeness (QED) is 0.260. The van der Waals surface area contributed by atoms with Crippen molar-refractivity contribution in [2.75, 3.05) is 12.8 Å². The Hall–Kier alpha value is -2.69. The minimum Gasteiger partial charge on any atom is -0.439 e. The molecule has 22 heavy (non-hydrogen) atoms. The number of nitrogens with two attached hydrogens (primary N) is 1. The van der Waals surface area contributed by atoms with E-state index in [9.17, 15) is 14.4 Å². The van der Waals surface area contributed by atoms with E-state index < -0.39 is 30.1 Å². The van der Waals surface area contributed by atoms with Gasteiger partial charge in [0.1, 0.15) is 12.8 Å². The van der Waals surface area contributed by atoms with Gasteiger partial charge in [0, 0.05) is 12.3 Å². The lowest BCUT2D eigenvalue weighted by Crippen LogP contribution is -2.70. The zero-order chi connectivity index (χ0) is 16.3. The zero-order valence-corrected chi connectivity index (χ0v) is 12.5. The molecule has 1 aromatic rings. The molecule has 2 unspecified atom stereocenters. The number of hydrogen-bond donors (Lipinski definition) is 3. The fraction of sp³-hybridized carbons (Fsp3) is 0.364. The maximum absolute atomic E-state index is 12.2. The average Bonchev–Trinajstić information content (AvgIpc) is 2.87. The summed E-state index contributed by atoms with van der Waals surface area (Å²) in [6.07, 6.45) is -0.918. The van der Waals surface area contributed by atoms with Gasteiger partial charge in [-0.2, -0.15) is 0 Å². The predicted octanol–water partition coefficient (Wildman–Crippen LogP) is -1.42. The number of thiazole rings is 1. The Morgan fingerprint density at radius 2 is 2.27 bits per heavy atom. The second-order valence-corrected chi connectivity index (χ2v) is 5.07. The van der Waals surface area contributed by atoms with Crippen molar-refractivity contribution in [3.05, 3.63) is 11.1 Å². The summed E-state index contributed by atoms with van der Waals surface area (Å²) in [4.78, 5) is 43.1. The molecule has 0 saturated carbocycles. The molecule has 2 rings (SSSR count). The Morgan fingerprint density at radius 1 is 1.55 bits per heavy atom. The third kappa shape index (κ3) is 3.31. The van der Waals surface area contributed by atoms with Gasteiger partial charge in [0.15, 0.2) is 16.9 Å². The Morgan fingerprint density at radius 3 is 2.77 bits per heavy atom. The van der Waals surface area contributed by atoms with Crippen LogP contribution in [0.1, 0.15) is 12.6 Å². The van der Waals surface area contributed by atoms with E-state index in [2.05, 4.69) is 25.6 Å². The lowest BCUT2D eigenvalue weighted by molar-refractivity contribution is -0.163. The van der Waals surface area contributed by atoms with Crippen LogP contribution in [0.4, 0.5) is 5.13 Å². The van der Waals surface area contributed by atoms with Gasteiger partial charge in [0.2, 0.25) is 6.23 Å². The standard InChI is InChI=1S/C11H13N5O5S/c1-4(17)21-10-7(9(19)15-10)14-8(18)6(16-20-2)5-3-22-11(12)13-5/h3,7,10H,1-2H3,(H2,12,13)(H,14,18)(H,15,19). The van der Waals surface area contributed by atoms with Crippen LogP contribution in [-0.2, 0) is 24.0 Å². The third-order valence-electron chi connectivity index (χ3n) is 2.61. The number of β-lactam (4-membered cyclic amide) rings is 1. The van der Waals surface area contributed by atoms with Gasteiger partial charge in [-0.05, 0) is 0 Å². The van der Waals surface area contributed by atoms with Gasteiger partial charge < -0.3 is 25.9 Å². The molecule has 1 aliphatic rings. The number of ether oxygens (including phenoxy) is 1. The second-order valence-electron chi connectivity index (χ2n) is 4.18. The lowest BCUT2D eigenvalue weighted by atomic mass is 10.1. The molecule has 2 atom stereocenters. The van der Waals surface area contributed by atoms with E-state index in [0.717, 1.165) is 11.3 Å². The summed E-state index contributed by atoms with van der Waals surface area (Å²) in [7, 11) is 1.26. The largest absolute Gasteiger partial charge is 0.439 e. The van der Waals surface area contributed by atoms with Crippen LogP contribution in [0.25, 0.3) is 0 Å². The molecule has 118 valence electrons. The highest BCUT2D eigenvalue weighted by molar-refractivity contribution is 7.13. The molecule has 2 amide bonds. The Kier molecular flexibility index (Phi) is 4.56. The maximum atomic E-state index is 12.2. The normalized spacial score (nSPS) is 20.6. The van der Waals surface area contributed by atoms with Crippen LogP contribution in [-0.4, -0.2) is 47.9 Å². The fourth-order valence-corrected chi connectivity index (χ4v) is 2.22. The summed E-state index contributed by atoms with van der Waals surface area (Å²) in [6, 6.07) is -1.01. The molecular formula is C11H13N5O5S. The topological polar surface area (TPSA) is 145 Å². The van der Waals surface area contributed by atoms with Crippen LogP contribution in [0.15, 0.2) is 10.5 Å². The molecule has 2 heterocycles. The average molecular weight is 327 g/mol. The number of nitrogens with zero attached hydrogens (tertiary/aromatic N) is 2. The summed E-state index contributed by atoms with van der Waals surface area (Å²) >= 11 is 1.13. The number of anilines is 1. The molecule has 4 N–H and O–H groups in total. The molecule has 0 radical (unpaired) electrons. The van der Waals surface area contributed by atoms with Gasteiger partial charge in [-0.3, -0.25) is 14.4 Å². The second kappa shape index (κ2) is 6.39. The van der Waals surface area contributed by atoms with Gasteiger partial charge in [-0.25, -0.2) is 4.98 Å². The van der Waals surface area contributed by atoms with Crippen molar-refractivity contribution in [3.63, 3.8) is 0 Å². The van der Waals surface area contributed by atoms with E-state index in [1.165, 1.54) is 19.4 Å². The number of aromatic nitrogens is 1. The number of nitrogens with one attached hydrogen (secondary N) is 2. The Labute approximate surface area is 128 Å². The van der Waals surface area contributed by atoms with Crippen molar-refractivity contribution < 1.29 is 24.0 Å². The fourth-order valence-electron chi connectivity index (χ4n) is 1.67. The van der Waals surface area contributed by atoms with Gasteiger partial charge in [0.05, 0.1) is 0 Å². The first-order valence-corrected chi connectivity index (χ1v) is 6.91. The van der Waals surface area contributed by atoms with Gasteiger partial charge in [-0.15, -0.1) is 11.3 Å². The smallest absolute Gasteiger partial charge is 0.304 e. The molecule has 0 aliphatic carbocycles. The molecular weight excluding hydrogens is 314 g/mol. The van der Waals surface area contributed by atoms with Gasteiger partial charge in [0.25, 0.3) is 11.8 Å². The lowest BCUT2D eigenvalue weighted by Gasteiger charge is -2.35. The van der Waals surface area contributed by atoms with Crippen LogP contribution < -0.4 is 16.4 Å². The summed E-state index contributed by atoms with van der Waals surface area (Å²) in [5.41, 5.74) is 5.58. The molecule has 10 nitrogen and oxygen atoms in total. The van der Waals surface area contributed by atoms with Crippen LogP contribution >= 0.6 is 11.3 Å². The highest BCUT2D eigenvalue weighted by Crippen LogP contribution is 2.13. The zero-order valence-electron chi connectivity index (χ0n) is 11.7. The Bertz CT molecular complexity index is 643. The monoisotopic (exact) mass is 327 g/mol. The number of oxime groups is 1. The molecule has 1 saturated heterocycles. The molecule has 1 fully saturated rings. The van der Waals surface area contributed by atoms with Crippen molar-refractivity contribution in [3.8, 4) is 0 Å². The first kappa shape index (κ1) is 15.7. The van der Waals surface area contributed by atoms with Crippen LogP contribution in [0.3, 0.4) is 0 Å². The third-order valence-corrected chi connectivity index (χ3v) is 3.29. The van der Waals surface area contributed by atoms with Crippen LogP contribution in [0.5, 0.6) is 0 Å². The molecule has 1 aromatic heterocycles. The van der Waals surface area contributed by atoms with E-state index in [-0.39, 0.29) is 16.5 Å². The number of amides is 2. The van der Waals surface area contributed by atoms with Crippen LogP contribution in [0, 0.1) is 0 Å². The number of carbonyl (C=O) groups is 3. The maximum Gasteiger partial charge on any atom is 0.304 e. The molecule has 11 heteroatoms. The van der Waals surface area contributed by atoms with Crippen molar-refractivity contribution in [2.24, 2.45) is 5.16 Å². The van der Waals surface area contributed by atoms with E-state index in [1.54, 1.807) is 0 Å². The molecule has 1 aliphatic heterocycles. The van der Waals surface area contributed by atoms with Crippen molar-refractivity contribution in [2.45, 2.75) is 19.2 Å². The number of nitrogen functional groups attached to an aromatic ring is 1. The van der Waals surface area contributed by atoms with E-state index in [4.69, 9.17) is 10.5 Å². The van der Waals surface area contributed by atoms with E-state index >= 15 is 0 Å². The van der Waals surface area contributed by atoms with Crippen molar-refractivity contribution in [1.82, 2.24) is 15.6 Å². The summed E-state index contributed by atoms with van der Waals surface area (Å²) in [5, 5.41) is 10.1. The molecule has 0 spiro atoms. The highest BCUT2D eigenvalue weighted by atomic mass is 32.1. The van der Waals surface area contributed by atoms with Gasteiger partial charge >= 0.3 is 5.97 Å². The van der Waals surface area contributed by atoms with Crippen molar-refractivity contribution in [1.29, 1.82) is 0 Å². The van der Waals surface area contributed by atoms with E-state index in [1.807, 2.05) is 0 Å². The van der Waals surface area contributed by atoms with Crippen LogP contribution in [0.2, 0.25) is 0 Å². The minimum atomic E-state index is -1.01. The number of hydrogen-bond acceptors (Lipinski definition) is 9. The highest BCUT2D eigenvalue weighted by Gasteiger charge is 2.43. The minimum absolute atomic E-state index is 0.142. The number of carbonyl (C=O) groups excluding carboxylic acids is 3. The summed E-state index contributed by atoms with van der Waals surface area (Å²) in [6.45, 7) is 1.19. The SMILES string of the molecule is CON=C(C(=O)NC1C(=O)NC1OC(C)=O)c1csc(N)n1. The van der Waals surface area contributed by atoms with Gasteiger partial charge in [-0.1, -0.05) is 5.16 Å². The predicted molar refractivity (Wildman–Crippen MR) is 75.7 cm³/mol. The summed E-state index contributed by atoms with van der Waals surface area (Å²) in [5.74, 6) is -1.76. The number of rotatable bonds is 5. The first-order chi connectivity index (χ1) is 10.4. The number of esters is 1. The first-order valence-electron chi connectivity index (χ1n) is 6.03. The molecule has 0 bridgehead atoms. The van der Waals surface area contributed by atoms with Crippen molar-refractivity contribution >= 4 is 40.0 Å².